The van der Waals surface area contributed by atoms with E-state index in [9.17, 15) is 9.59 Å². The molecule has 0 saturated carbocycles. The zero-order chi connectivity index (χ0) is 18.6. The van der Waals surface area contributed by atoms with Gasteiger partial charge in [-0.05, 0) is 32.9 Å². The van der Waals surface area contributed by atoms with Gasteiger partial charge in [-0.25, -0.2) is 0 Å². The van der Waals surface area contributed by atoms with Crippen molar-refractivity contribution >= 4 is 11.8 Å². The highest BCUT2D eigenvalue weighted by atomic mass is 16.5. The Balaban J connectivity index is 1.71. The van der Waals surface area contributed by atoms with Crippen molar-refractivity contribution in [1.82, 2.24) is 15.1 Å². The van der Waals surface area contributed by atoms with Crippen molar-refractivity contribution in [3.8, 4) is 5.75 Å². The standard InChI is InChI=1S/C20H29N3O3/c1-3-26-17-7-5-4-6-16(17)14-19(25)23-13-12-22(2)20(15-23)9-8-18(24)21-11-10-20/h4-7H,3,8-15H2,1-2H3,(H,21,24)/t20-/m0/s1. The van der Waals surface area contributed by atoms with E-state index in [0.29, 0.717) is 32.5 Å². The van der Waals surface area contributed by atoms with Crippen LogP contribution >= 0.6 is 0 Å². The van der Waals surface area contributed by atoms with E-state index in [1.807, 2.05) is 36.1 Å². The predicted molar refractivity (Wildman–Crippen MR) is 100 cm³/mol. The molecule has 2 aliphatic heterocycles. The van der Waals surface area contributed by atoms with E-state index in [4.69, 9.17) is 4.74 Å². The molecule has 0 radical (unpaired) electrons. The summed E-state index contributed by atoms with van der Waals surface area (Å²) in [5.74, 6) is 1.04. The lowest BCUT2D eigenvalue weighted by atomic mass is 9.86. The van der Waals surface area contributed by atoms with Crippen molar-refractivity contribution in [2.24, 2.45) is 0 Å². The Morgan fingerprint density at radius 1 is 1.27 bits per heavy atom. The summed E-state index contributed by atoms with van der Waals surface area (Å²) in [6.45, 7) is 5.48. The molecule has 2 amide bonds. The molecule has 0 aromatic heterocycles. The van der Waals surface area contributed by atoms with E-state index in [-0.39, 0.29) is 17.4 Å². The molecule has 1 aromatic rings. The van der Waals surface area contributed by atoms with Gasteiger partial charge in [0, 0.05) is 43.7 Å². The van der Waals surface area contributed by atoms with E-state index >= 15 is 0 Å². The molecule has 1 N–H and O–H groups in total. The highest BCUT2D eigenvalue weighted by molar-refractivity contribution is 5.80. The molecule has 142 valence electrons. The van der Waals surface area contributed by atoms with Crippen molar-refractivity contribution < 1.29 is 14.3 Å². The average Bonchev–Trinajstić information content (AvgIpc) is 2.82. The lowest BCUT2D eigenvalue weighted by Gasteiger charge is -2.49. The maximum absolute atomic E-state index is 13.0. The van der Waals surface area contributed by atoms with Gasteiger partial charge in [-0.2, -0.15) is 0 Å². The molecule has 0 unspecified atom stereocenters. The molecule has 26 heavy (non-hydrogen) atoms. The van der Waals surface area contributed by atoms with E-state index in [2.05, 4.69) is 17.3 Å². The van der Waals surface area contributed by atoms with Gasteiger partial charge in [-0.1, -0.05) is 18.2 Å². The fourth-order valence-corrected chi connectivity index (χ4v) is 4.03. The first-order valence-electron chi connectivity index (χ1n) is 9.50. The number of para-hydroxylation sites is 1. The molecule has 6 nitrogen and oxygen atoms in total. The van der Waals surface area contributed by atoms with Gasteiger partial charge in [-0.3, -0.25) is 14.5 Å². The van der Waals surface area contributed by atoms with Crippen molar-refractivity contribution in [2.45, 2.75) is 38.1 Å². The summed E-state index contributed by atoms with van der Waals surface area (Å²) in [5.41, 5.74) is 0.831. The monoisotopic (exact) mass is 359 g/mol. The minimum absolute atomic E-state index is 0.105. The number of amides is 2. The van der Waals surface area contributed by atoms with Crippen molar-refractivity contribution in [3.63, 3.8) is 0 Å². The zero-order valence-corrected chi connectivity index (χ0v) is 15.8. The summed E-state index contributed by atoms with van der Waals surface area (Å²) >= 11 is 0. The second-order valence-corrected chi connectivity index (χ2v) is 7.28. The Kier molecular flexibility index (Phi) is 5.81. The van der Waals surface area contributed by atoms with Crippen LogP contribution in [0, 0.1) is 0 Å². The van der Waals surface area contributed by atoms with Crippen LogP contribution in [0.5, 0.6) is 5.75 Å². The number of likely N-dealkylation sites (N-methyl/N-ethyl adjacent to an activating group) is 1. The minimum Gasteiger partial charge on any atom is -0.494 e. The molecule has 0 bridgehead atoms. The fraction of sp³-hybridized carbons (Fsp3) is 0.600. The van der Waals surface area contributed by atoms with Crippen LogP contribution in [0.25, 0.3) is 0 Å². The quantitative estimate of drug-likeness (QED) is 0.884. The van der Waals surface area contributed by atoms with Crippen molar-refractivity contribution in [1.29, 1.82) is 0 Å². The highest BCUT2D eigenvalue weighted by Gasteiger charge is 2.42. The molecule has 2 fully saturated rings. The SMILES string of the molecule is CCOc1ccccc1CC(=O)N1CCN(C)[C@@]2(CCNC(=O)CC2)C1. The van der Waals surface area contributed by atoms with E-state index in [1.54, 1.807) is 0 Å². The lowest BCUT2D eigenvalue weighted by Crippen LogP contribution is -2.62. The van der Waals surface area contributed by atoms with Crippen molar-refractivity contribution in [3.05, 3.63) is 29.8 Å². The first kappa shape index (κ1) is 18.7. The Morgan fingerprint density at radius 3 is 2.88 bits per heavy atom. The summed E-state index contributed by atoms with van der Waals surface area (Å²) in [5, 5.41) is 2.96. The Morgan fingerprint density at radius 2 is 2.08 bits per heavy atom. The van der Waals surface area contributed by atoms with E-state index in [1.165, 1.54) is 0 Å². The van der Waals surface area contributed by atoms with Gasteiger partial charge in [0.1, 0.15) is 5.75 Å². The van der Waals surface area contributed by atoms with Crippen LogP contribution in [0.2, 0.25) is 0 Å². The number of piperazine rings is 1. The van der Waals surface area contributed by atoms with Crippen LogP contribution in [0.15, 0.2) is 24.3 Å². The predicted octanol–water partition coefficient (Wildman–Crippen LogP) is 1.44. The first-order chi connectivity index (χ1) is 12.5. The van der Waals surface area contributed by atoms with Crippen LogP contribution in [-0.2, 0) is 16.0 Å². The summed E-state index contributed by atoms with van der Waals surface area (Å²) in [7, 11) is 2.11. The molecule has 1 spiro atoms. The molecule has 2 heterocycles. The van der Waals surface area contributed by atoms with Crippen LogP contribution in [0.4, 0.5) is 0 Å². The third-order valence-corrected chi connectivity index (χ3v) is 5.70. The number of nitrogens with zero attached hydrogens (tertiary/aromatic N) is 2. The average molecular weight is 359 g/mol. The van der Waals surface area contributed by atoms with Gasteiger partial charge in [-0.15, -0.1) is 0 Å². The number of ether oxygens (including phenoxy) is 1. The molecule has 3 rings (SSSR count). The Bertz CT molecular complexity index is 663. The largest absolute Gasteiger partial charge is 0.494 e. The smallest absolute Gasteiger partial charge is 0.227 e. The number of carbonyl (C=O) groups is 2. The fourth-order valence-electron chi connectivity index (χ4n) is 4.03. The summed E-state index contributed by atoms with van der Waals surface area (Å²) in [6.07, 6.45) is 2.57. The molecular weight excluding hydrogens is 330 g/mol. The number of benzene rings is 1. The van der Waals surface area contributed by atoms with Gasteiger partial charge in [0.2, 0.25) is 11.8 Å². The van der Waals surface area contributed by atoms with Crippen LogP contribution < -0.4 is 10.1 Å². The van der Waals surface area contributed by atoms with Gasteiger partial charge in [0.05, 0.1) is 13.0 Å². The first-order valence-corrected chi connectivity index (χ1v) is 9.50. The third-order valence-electron chi connectivity index (χ3n) is 5.70. The molecule has 2 aliphatic rings. The second kappa shape index (κ2) is 8.08. The lowest BCUT2D eigenvalue weighted by molar-refractivity contribution is -0.136. The number of nitrogens with one attached hydrogen (secondary N) is 1. The van der Waals surface area contributed by atoms with Gasteiger partial charge >= 0.3 is 0 Å². The van der Waals surface area contributed by atoms with Crippen LogP contribution in [0.3, 0.4) is 0 Å². The van der Waals surface area contributed by atoms with Crippen LogP contribution in [-0.4, -0.2) is 67.0 Å². The van der Waals surface area contributed by atoms with E-state index < -0.39 is 0 Å². The molecular formula is C20H29N3O3. The number of hydrogen-bond acceptors (Lipinski definition) is 4. The second-order valence-electron chi connectivity index (χ2n) is 7.28. The van der Waals surface area contributed by atoms with Crippen LogP contribution in [0.1, 0.15) is 31.7 Å². The molecule has 0 aliphatic carbocycles. The van der Waals surface area contributed by atoms with Crippen molar-refractivity contribution in [2.75, 3.05) is 39.8 Å². The van der Waals surface area contributed by atoms with E-state index in [0.717, 1.165) is 37.2 Å². The molecule has 1 atom stereocenters. The Labute approximate surface area is 155 Å². The maximum atomic E-state index is 13.0. The maximum Gasteiger partial charge on any atom is 0.227 e. The Hall–Kier alpha value is -2.08. The molecule has 1 aromatic carbocycles. The van der Waals surface area contributed by atoms with Gasteiger partial charge in [0.15, 0.2) is 0 Å². The highest BCUT2D eigenvalue weighted by Crippen LogP contribution is 2.31. The summed E-state index contributed by atoms with van der Waals surface area (Å²) in [6, 6.07) is 7.75. The third kappa shape index (κ3) is 4.01. The summed E-state index contributed by atoms with van der Waals surface area (Å²) in [4.78, 5) is 29.0. The number of hydrogen-bond donors (Lipinski definition) is 1. The molecule has 6 heteroatoms. The molecule has 2 saturated heterocycles. The van der Waals surface area contributed by atoms with Gasteiger partial charge < -0.3 is 15.0 Å². The van der Waals surface area contributed by atoms with Gasteiger partial charge in [0.25, 0.3) is 0 Å². The summed E-state index contributed by atoms with van der Waals surface area (Å²) < 4.78 is 5.66. The normalized spacial score (nSPS) is 24.2. The number of rotatable bonds is 4. The zero-order valence-electron chi connectivity index (χ0n) is 15.8. The minimum atomic E-state index is -0.105. The number of carbonyl (C=O) groups excluding carboxylic acids is 2. The topological polar surface area (TPSA) is 61.9 Å².